The lowest BCUT2D eigenvalue weighted by molar-refractivity contribution is 0.168. The molecule has 2 amide bonds. The van der Waals surface area contributed by atoms with Crippen LogP contribution in [0.2, 0.25) is 0 Å². The van der Waals surface area contributed by atoms with Gasteiger partial charge in [-0.05, 0) is 13.3 Å². The van der Waals surface area contributed by atoms with Gasteiger partial charge in [0.15, 0.2) is 0 Å². The van der Waals surface area contributed by atoms with Gasteiger partial charge in [-0.3, -0.25) is 0 Å². The van der Waals surface area contributed by atoms with E-state index in [1.165, 1.54) is 0 Å². The SMILES string of the molecule is CC#CCCNC(=O)N1CCC1. The smallest absolute Gasteiger partial charge is 0.317 e. The standard InChI is InChI=1S/C9H14N2O/c1-2-3-4-6-10-9(12)11-7-5-8-11/h4-8H2,1H3,(H,10,12). The van der Waals surface area contributed by atoms with Crippen molar-refractivity contribution in [3.8, 4) is 11.8 Å². The van der Waals surface area contributed by atoms with Crippen LogP contribution in [0.4, 0.5) is 4.79 Å². The van der Waals surface area contributed by atoms with Crippen LogP contribution in [0, 0.1) is 11.8 Å². The predicted molar refractivity (Wildman–Crippen MR) is 47.7 cm³/mol. The van der Waals surface area contributed by atoms with Gasteiger partial charge in [0.2, 0.25) is 0 Å². The van der Waals surface area contributed by atoms with E-state index in [9.17, 15) is 4.79 Å². The van der Waals surface area contributed by atoms with Gasteiger partial charge in [0.1, 0.15) is 0 Å². The first-order valence-corrected chi connectivity index (χ1v) is 4.27. The summed E-state index contributed by atoms with van der Waals surface area (Å²) in [6, 6.07) is 0.0548. The Morgan fingerprint density at radius 3 is 2.83 bits per heavy atom. The third-order valence-corrected chi connectivity index (χ3v) is 1.85. The highest BCUT2D eigenvalue weighted by molar-refractivity contribution is 5.74. The molecule has 0 aromatic heterocycles. The zero-order valence-electron chi connectivity index (χ0n) is 7.39. The first kappa shape index (κ1) is 8.92. The lowest BCUT2D eigenvalue weighted by Gasteiger charge is -2.30. The van der Waals surface area contributed by atoms with E-state index < -0.39 is 0 Å². The second-order valence-corrected chi connectivity index (χ2v) is 2.75. The van der Waals surface area contributed by atoms with Crippen LogP contribution in [0.15, 0.2) is 0 Å². The van der Waals surface area contributed by atoms with Crippen molar-refractivity contribution >= 4 is 6.03 Å². The van der Waals surface area contributed by atoms with Crippen LogP contribution in [0.25, 0.3) is 0 Å². The summed E-state index contributed by atoms with van der Waals surface area (Å²) in [6.45, 7) is 4.28. The number of urea groups is 1. The summed E-state index contributed by atoms with van der Waals surface area (Å²) in [5.41, 5.74) is 0. The number of nitrogens with zero attached hydrogens (tertiary/aromatic N) is 1. The van der Waals surface area contributed by atoms with E-state index >= 15 is 0 Å². The van der Waals surface area contributed by atoms with Gasteiger partial charge in [0, 0.05) is 26.1 Å². The summed E-state index contributed by atoms with van der Waals surface area (Å²) in [5.74, 6) is 5.68. The Hall–Kier alpha value is -1.17. The van der Waals surface area contributed by atoms with E-state index in [0.717, 1.165) is 25.9 Å². The molecule has 0 bridgehead atoms. The van der Waals surface area contributed by atoms with Gasteiger partial charge in [-0.1, -0.05) is 0 Å². The zero-order valence-corrected chi connectivity index (χ0v) is 7.39. The molecule has 0 spiro atoms. The topological polar surface area (TPSA) is 32.3 Å². The van der Waals surface area contributed by atoms with Crippen LogP contribution in [0.5, 0.6) is 0 Å². The van der Waals surface area contributed by atoms with Crippen molar-refractivity contribution in [2.24, 2.45) is 0 Å². The number of carbonyl (C=O) groups excluding carboxylic acids is 1. The molecule has 1 aliphatic rings. The number of amides is 2. The first-order chi connectivity index (χ1) is 5.84. The van der Waals surface area contributed by atoms with Crippen molar-refractivity contribution in [1.82, 2.24) is 10.2 Å². The van der Waals surface area contributed by atoms with Crippen LogP contribution in [0.3, 0.4) is 0 Å². The second-order valence-electron chi connectivity index (χ2n) is 2.75. The van der Waals surface area contributed by atoms with Gasteiger partial charge >= 0.3 is 6.03 Å². The fourth-order valence-electron chi connectivity index (χ4n) is 0.988. The minimum atomic E-state index is 0.0548. The highest BCUT2D eigenvalue weighted by Gasteiger charge is 2.18. The number of nitrogens with one attached hydrogen (secondary N) is 1. The van der Waals surface area contributed by atoms with E-state index in [-0.39, 0.29) is 6.03 Å². The summed E-state index contributed by atoms with van der Waals surface area (Å²) in [7, 11) is 0. The molecule has 66 valence electrons. The van der Waals surface area contributed by atoms with Gasteiger partial charge in [0.05, 0.1) is 0 Å². The van der Waals surface area contributed by atoms with Gasteiger partial charge < -0.3 is 10.2 Å². The molecular formula is C9H14N2O. The van der Waals surface area contributed by atoms with Gasteiger partial charge in [-0.15, -0.1) is 11.8 Å². The molecule has 1 fully saturated rings. The number of hydrogen-bond acceptors (Lipinski definition) is 1. The van der Waals surface area contributed by atoms with E-state index in [1.807, 2.05) is 0 Å². The van der Waals surface area contributed by atoms with E-state index in [4.69, 9.17) is 0 Å². The lowest BCUT2D eigenvalue weighted by atomic mass is 10.2. The molecule has 1 saturated heterocycles. The van der Waals surface area contributed by atoms with Crippen molar-refractivity contribution in [3.63, 3.8) is 0 Å². The van der Waals surface area contributed by atoms with E-state index in [2.05, 4.69) is 17.2 Å². The molecule has 1 heterocycles. The molecule has 0 radical (unpaired) electrons. The lowest BCUT2D eigenvalue weighted by Crippen LogP contribution is -2.47. The fraction of sp³-hybridized carbons (Fsp3) is 0.667. The van der Waals surface area contributed by atoms with Gasteiger partial charge in [-0.2, -0.15) is 0 Å². The Kier molecular flexibility index (Phi) is 3.46. The van der Waals surface area contributed by atoms with Crippen LogP contribution in [0.1, 0.15) is 19.8 Å². The molecule has 3 nitrogen and oxygen atoms in total. The Morgan fingerprint density at radius 2 is 2.33 bits per heavy atom. The summed E-state index contributed by atoms with van der Waals surface area (Å²) < 4.78 is 0. The quantitative estimate of drug-likeness (QED) is 0.478. The van der Waals surface area contributed by atoms with Crippen LogP contribution >= 0.6 is 0 Å². The van der Waals surface area contributed by atoms with Crippen LogP contribution in [-0.4, -0.2) is 30.6 Å². The summed E-state index contributed by atoms with van der Waals surface area (Å²) in [5, 5.41) is 2.80. The zero-order chi connectivity index (χ0) is 8.81. The maximum atomic E-state index is 11.2. The third kappa shape index (κ3) is 2.46. The number of rotatable bonds is 2. The molecular weight excluding hydrogens is 152 g/mol. The van der Waals surface area contributed by atoms with Crippen LogP contribution in [-0.2, 0) is 0 Å². The first-order valence-electron chi connectivity index (χ1n) is 4.27. The molecule has 0 aliphatic carbocycles. The molecule has 3 heteroatoms. The number of hydrogen-bond donors (Lipinski definition) is 1. The highest BCUT2D eigenvalue weighted by atomic mass is 16.2. The Balaban J connectivity index is 2.04. The van der Waals surface area contributed by atoms with E-state index in [1.54, 1.807) is 11.8 Å². The minimum Gasteiger partial charge on any atom is -0.337 e. The summed E-state index contributed by atoms with van der Waals surface area (Å²) in [6.07, 6.45) is 1.89. The number of carbonyl (C=O) groups is 1. The third-order valence-electron chi connectivity index (χ3n) is 1.85. The van der Waals surface area contributed by atoms with Crippen molar-refractivity contribution in [1.29, 1.82) is 0 Å². The largest absolute Gasteiger partial charge is 0.337 e. The van der Waals surface area contributed by atoms with E-state index in [0.29, 0.717) is 6.54 Å². The molecule has 0 unspecified atom stereocenters. The number of likely N-dealkylation sites (tertiary alicyclic amines) is 1. The Morgan fingerprint density at radius 1 is 1.58 bits per heavy atom. The van der Waals surface area contributed by atoms with Crippen molar-refractivity contribution in [2.45, 2.75) is 19.8 Å². The molecule has 1 N–H and O–H groups in total. The summed E-state index contributed by atoms with van der Waals surface area (Å²) >= 11 is 0. The Labute approximate surface area is 73.1 Å². The maximum Gasteiger partial charge on any atom is 0.317 e. The second kappa shape index (κ2) is 4.66. The average molecular weight is 166 g/mol. The molecule has 0 aromatic rings. The van der Waals surface area contributed by atoms with Crippen LogP contribution < -0.4 is 5.32 Å². The summed E-state index contributed by atoms with van der Waals surface area (Å²) in [4.78, 5) is 13.0. The molecule has 0 atom stereocenters. The molecule has 0 aromatic carbocycles. The monoisotopic (exact) mass is 166 g/mol. The normalized spacial score (nSPS) is 14.2. The Bertz CT molecular complexity index is 210. The van der Waals surface area contributed by atoms with Gasteiger partial charge in [-0.25, -0.2) is 4.79 Å². The maximum absolute atomic E-state index is 11.2. The molecule has 1 aliphatic heterocycles. The fourth-order valence-corrected chi connectivity index (χ4v) is 0.988. The van der Waals surface area contributed by atoms with Crippen molar-refractivity contribution in [3.05, 3.63) is 0 Å². The molecule has 1 rings (SSSR count). The van der Waals surface area contributed by atoms with Crippen molar-refractivity contribution < 1.29 is 4.79 Å². The molecule has 12 heavy (non-hydrogen) atoms. The predicted octanol–water partition coefficient (Wildman–Crippen LogP) is 0.815. The average Bonchev–Trinajstić information content (AvgIpc) is 1.95. The van der Waals surface area contributed by atoms with Crippen molar-refractivity contribution in [2.75, 3.05) is 19.6 Å². The highest BCUT2D eigenvalue weighted by Crippen LogP contribution is 2.04. The van der Waals surface area contributed by atoms with Gasteiger partial charge in [0.25, 0.3) is 0 Å². The minimum absolute atomic E-state index is 0.0548. The molecule has 0 saturated carbocycles.